The van der Waals surface area contributed by atoms with Gasteiger partial charge in [0.2, 0.25) is 0 Å². The predicted octanol–water partition coefficient (Wildman–Crippen LogP) is 3.47. The Morgan fingerprint density at radius 3 is 2.79 bits per heavy atom. The molecule has 0 spiro atoms. The molecule has 1 aromatic heterocycles. The van der Waals surface area contributed by atoms with Crippen molar-refractivity contribution < 1.29 is 4.74 Å². The van der Waals surface area contributed by atoms with Crippen LogP contribution in [0.1, 0.15) is 5.56 Å². The van der Waals surface area contributed by atoms with Gasteiger partial charge in [-0.1, -0.05) is 18.2 Å². The molecule has 3 heteroatoms. The van der Waals surface area contributed by atoms with Crippen LogP contribution in [0.4, 0.5) is 0 Å². The van der Waals surface area contributed by atoms with E-state index < -0.39 is 0 Å². The molecule has 0 radical (unpaired) electrons. The Kier molecular flexibility index (Phi) is 4.18. The van der Waals surface area contributed by atoms with Gasteiger partial charge < -0.3 is 4.74 Å². The first-order valence-electron chi connectivity index (χ1n) is 6.21. The molecular formula is C16H18N2O. The summed E-state index contributed by atoms with van der Waals surface area (Å²) in [4.78, 5) is 0. The number of allylic oxidation sites excluding steroid dienone is 2. The fraction of sp³-hybridized carbons (Fsp3) is 0.188. The Morgan fingerprint density at radius 1 is 1.26 bits per heavy atom. The summed E-state index contributed by atoms with van der Waals surface area (Å²) in [7, 11) is 1.67. The van der Waals surface area contributed by atoms with Gasteiger partial charge in [0.1, 0.15) is 5.75 Å². The van der Waals surface area contributed by atoms with Crippen molar-refractivity contribution in [2.75, 3.05) is 7.11 Å². The third-order valence-corrected chi connectivity index (χ3v) is 2.88. The lowest BCUT2D eigenvalue weighted by Crippen LogP contribution is -1.96. The fourth-order valence-corrected chi connectivity index (χ4v) is 1.99. The van der Waals surface area contributed by atoms with E-state index in [0.29, 0.717) is 6.54 Å². The summed E-state index contributed by atoms with van der Waals surface area (Å²) in [5, 5.41) is 4.52. The van der Waals surface area contributed by atoms with Gasteiger partial charge in [-0.05, 0) is 30.2 Å². The van der Waals surface area contributed by atoms with E-state index in [2.05, 4.69) is 24.3 Å². The SMILES string of the molecule is C=CCc1ccc(OC)c(-c2ccn(CC=C)n2)c1. The van der Waals surface area contributed by atoms with Gasteiger partial charge in [0.15, 0.2) is 0 Å². The number of benzene rings is 1. The first-order chi connectivity index (χ1) is 9.28. The van der Waals surface area contributed by atoms with Crippen LogP contribution in [-0.4, -0.2) is 16.9 Å². The molecule has 0 aliphatic carbocycles. The molecule has 1 heterocycles. The third-order valence-electron chi connectivity index (χ3n) is 2.88. The minimum Gasteiger partial charge on any atom is -0.496 e. The summed E-state index contributed by atoms with van der Waals surface area (Å²) >= 11 is 0. The molecule has 3 nitrogen and oxygen atoms in total. The fourth-order valence-electron chi connectivity index (χ4n) is 1.99. The molecule has 2 aromatic rings. The van der Waals surface area contributed by atoms with Crippen LogP contribution in [0.15, 0.2) is 55.8 Å². The highest BCUT2D eigenvalue weighted by Gasteiger charge is 2.09. The lowest BCUT2D eigenvalue weighted by molar-refractivity contribution is 0.416. The maximum atomic E-state index is 5.41. The van der Waals surface area contributed by atoms with Crippen molar-refractivity contribution in [2.24, 2.45) is 0 Å². The lowest BCUT2D eigenvalue weighted by atomic mass is 10.0. The average Bonchev–Trinajstić information content (AvgIpc) is 2.88. The maximum Gasteiger partial charge on any atom is 0.128 e. The molecule has 0 saturated heterocycles. The van der Waals surface area contributed by atoms with Crippen LogP contribution < -0.4 is 4.74 Å². The first-order valence-corrected chi connectivity index (χ1v) is 6.21. The molecule has 2 rings (SSSR count). The molecule has 0 fully saturated rings. The van der Waals surface area contributed by atoms with Gasteiger partial charge in [-0.2, -0.15) is 5.10 Å². The Bertz CT molecular complexity index is 584. The quantitative estimate of drug-likeness (QED) is 0.738. The van der Waals surface area contributed by atoms with Crippen molar-refractivity contribution in [1.82, 2.24) is 9.78 Å². The van der Waals surface area contributed by atoms with Crippen molar-refractivity contribution in [2.45, 2.75) is 13.0 Å². The Hall–Kier alpha value is -2.29. The van der Waals surface area contributed by atoms with E-state index >= 15 is 0 Å². The second-order valence-corrected chi connectivity index (χ2v) is 4.24. The van der Waals surface area contributed by atoms with Crippen LogP contribution >= 0.6 is 0 Å². The molecule has 1 aromatic carbocycles. The summed E-state index contributed by atoms with van der Waals surface area (Å²) in [6, 6.07) is 8.10. The van der Waals surface area contributed by atoms with Gasteiger partial charge in [-0.3, -0.25) is 4.68 Å². The second kappa shape index (κ2) is 6.05. The molecule has 0 aliphatic rings. The van der Waals surface area contributed by atoms with E-state index in [1.807, 2.05) is 41.2 Å². The van der Waals surface area contributed by atoms with Crippen LogP contribution in [-0.2, 0) is 13.0 Å². The Labute approximate surface area is 113 Å². The highest BCUT2D eigenvalue weighted by atomic mass is 16.5. The van der Waals surface area contributed by atoms with Crippen molar-refractivity contribution in [1.29, 1.82) is 0 Å². The monoisotopic (exact) mass is 254 g/mol. The number of nitrogens with zero attached hydrogens (tertiary/aromatic N) is 2. The topological polar surface area (TPSA) is 27.1 Å². The van der Waals surface area contributed by atoms with Crippen molar-refractivity contribution in [3.63, 3.8) is 0 Å². The van der Waals surface area contributed by atoms with E-state index in [4.69, 9.17) is 4.74 Å². The van der Waals surface area contributed by atoms with E-state index in [9.17, 15) is 0 Å². The average molecular weight is 254 g/mol. The van der Waals surface area contributed by atoms with Crippen LogP contribution in [0.3, 0.4) is 0 Å². The molecule has 0 saturated carbocycles. The van der Waals surface area contributed by atoms with E-state index in [-0.39, 0.29) is 0 Å². The minimum atomic E-state index is 0.703. The summed E-state index contributed by atoms with van der Waals surface area (Å²) < 4.78 is 7.26. The normalized spacial score (nSPS) is 10.2. The van der Waals surface area contributed by atoms with E-state index in [0.717, 1.165) is 23.4 Å². The molecule has 19 heavy (non-hydrogen) atoms. The van der Waals surface area contributed by atoms with Gasteiger partial charge in [-0.25, -0.2) is 0 Å². The van der Waals surface area contributed by atoms with Crippen LogP contribution in [0.25, 0.3) is 11.3 Å². The highest BCUT2D eigenvalue weighted by Crippen LogP contribution is 2.29. The van der Waals surface area contributed by atoms with Crippen molar-refractivity contribution in [3.05, 3.63) is 61.3 Å². The van der Waals surface area contributed by atoms with Gasteiger partial charge in [0.05, 0.1) is 19.3 Å². The van der Waals surface area contributed by atoms with Crippen LogP contribution in [0.5, 0.6) is 5.75 Å². The summed E-state index contributed by atoms with van der Waals surface area (Å²) in [6.45, 7) is 8.18. The van der Waals surface area contributed by atoms with Gasteiger partial charge >= 0.3 is 0 Å². The predicted molar refractivity (Wildman–Crippen MR) is 78.3 cm³/mol. The first kappa shape index (κ1) is 13.1. The van der Waals surface area contributed by atoms with Crippen LogP contribution in [0, 0.1) is 0 Å². The van der Waals surface area contributed by atoms with Crippen molar-refractivity contribution >= 4 is 0 Å². The lowest BCUT2D eigenvalue weighted by Gasteiger charge is -2.08. The molecule has 0 unspecified atom stereocenters. The molecule has 0 atom stereocenters. The number of methoxy groups -OCH3 is 1. The summed E-state index contributed by atoms with van der Waals surface area (Å²) in [6.07, 6.45) is 6.49. The summed E-state index contributed by atoms with van der Waals surface area (Å²) in [5.74, 6) is 0.830. The zero-order valence-electron chi connectivity index (χ0n) is 11.2. The number of ether oxygens (including phenoxy) is 1. The largest absolute Gasteiger partial charge is 0.496 e. The highest BCUT2D eigenvalue weighted by molar-refractivity contribution is 5.67. The van der Waals surface area contributed by atoms with Gasteiger partial charge in [0.25, 0.3) is 0 Å². The van der Waals surface area contributed by atoms with E-state index in [1.54, 1.807) is 7.11 Å². The molecular weight excluding hydrogens is 236 g/mol. The Morgan fingerprint density at radius 2 is 2.11 bits per heavy atom. The number of rotatable bonds is 6. The molecule has 0 bridgehead atoms. The molecule has 98 valence electrons. The summed E-state index contributed by atoms with van der Waals surface area (Å²) in [5.41, 5.74) is 3.11. The number of hydrogen-bond acceptors (Lipinski definition) is 2. The third kappa shape index (κ3) is 2.94. The molecule has 0 amide bonds. The zero-order valence-corrected chi connectivity index (χ0v) is 11.2. The van der Waals surface area contributed by atoms with E-state index in [1.165, 1.54) is 5.56 Å². The zero-order chi connectivity index (χ0) is 13.7. The molecule has 0 aliphatic heterocycles. The smallest absolute Gasteiger partial charge is 0.128 e. The van der Waals surface area contributed by atoms with Gasteiger partial charge in [-0.15, -0.1) is 13.2 Å². The standard InChI is InChI=1S/C16H18N2O/c1-4-6-13-7-8-16(19-3)14(12-13)15-9-11-18(17-15)10-5-2/h4-5,7-9,11-12H,1-2,6,10H2,3H3. The van der Waals surface area contributed by atoms with Crippen molar-refractivity contribution in [3.8, 4) is 17.0 Å². The number of hydrogen-bond donors (Lipinski definition) is 0. The van der Waals surface area contributed by atoms with Crippen LogP contribution in [0.2, 0.25) is 0 Å². The second-order valence-electron chi connectivity index (χ2n) is 4.24. The molecule has 0 N–H and O–H groups in total. The Balaban J connectivity index is 2.41. The number of aromatic nitrogens is 2. The maximum absolute atomic E-state index is 5.41. The van der Waals surface area contributed by atoms with Gasteiger partial charge in [0, 0.05) is 11.8 Å². The minimum absolute atomic E-state index is 0.703.